The minimum absolute atomic E-state index is 0.186. The molecule has 0 spiro atoms. The number of carbonyl (C=O) groups is 1. The molecule has 0 unspecified atom stereocenters. The zero-order chi connectivity index (χ0) is 15.5. The van der Waals surface area contributed by atoms with Crippen molar-refractivity contribution in [2.75, 3.05) is 23.2 Å². The molecule has 114 valence electrons. The lowest BCUT2D eigenvalue weighted by Gasteiger charge is -2.10. The normalized spacial score (nSPS) is 12.0. The van der Waals surface area contributed by atoms with Gasteiger partial charge in [0.1, 0.15) is 11.6 Å². The fourth-order valence-corrected chi connectivity index (χ4v) is 2.11. The predicted molar refractivity (Wildman–Crippen MR) is 82.8 cm³/mol. The van der Waals surface area contributed by atoms with Crippen molar-refractivity contribution in [2.45, 2.75) is 13.5 Å². The first-order valence-corrected chi connectivity index (χ1v) is 6.78. The Morgan fingerprint density at radius 2 is 2.09 bits per heavy atom. The van der Waals surface area contributed by atoms with Gasteiger partial charge in [0.25, 0.3) is 0 Å². The molecule has 4 N–H and O–H groups in total. The van der Waals surface area contributed by atoms with E-state index >= 15 is 0 Å². The van der Waals surface area contributed by atoms with E-state index in [1.807, 2.05) is 18.2 Å². The number of nitrogen functional groups attached to an aromatic ring is 1. The van der Waals surface area contributed by atoms with E-state index in [-0.39, 0.29) is 18.5 Å². The molecular formula is C15H16N4O3. The van der Waals surface area contributed by atoms with E-state index in [1.165, 1.54) is 6.92 Å². The van der Waals surface area contributed by atoms with Crippen LogP contribution in [0, 0.1) is 0 Å². The van der Waals surface area contributed by atoms with E-state index in [0.29, 0.717) is 18.1 Å². The van der Waals surface area contributed by atoms with Crippen LogP contribution in [0.2, 0.25) is 0 Å². The summed E-state index contributed by atoms with van der Waals surface area (Å²) >= 11 is 0. The number of carbonyl (C=O) groups excluding carboxylic acids is 1. The highest BCUT2D eigenvalue weighted by Crippen LogP contribution is 2.32. The molecule has 1 aliphatic heterocycles. The van der Waals surface area contributed by atoms with Crippen LogP contribution in [0.25, 0.3) is 0 Å². The number of anilines is 3. The highest BCUT2D eigenvalue weighted by Gasteiger charge is 2.13. The van der Waals surface area contributed by atoms with Gasteiger partial charge in [-0.2, -0.15) is 0 Å². The maximum absolute atomic E-state index is 11.0. The van der Waals surface area contributed by atoms with Crippen LogP contribution in [0.5, 0.6) is 11.5 Å². The Morgan fingerprint density at radius 1 is 1.27 bits per heavy atom. The molecule has 0 atom stereocenters. The Labute approximate surface area is 127 Å². The summed E-state index contributed by atoms with van der Waals surface area (Å²) in [5.41, 5.74) is 7.35. The summed E-state index contributed by atoms with van der Waals surface area (Å²) in [7, 11) is 0. The fraction of sp³-hybridized carbons (Fsp3) is 0.200. The van der Waals surface area contributed by atoms with Gasteiger partial charge < -0.3 is 25.8 Å². The lowest BCUT2D eigenvalue weighted by atomic mass is 10.2. The topological polar surface area (TPSA) is 98.5 Å². The maximum Gasteiger partial charge on any atom is 0.231 e. The number of fused-ring (bicyclic) bond motifs is 1. The number of nitrogens with two attached hydrogens (primary N) is 1. The predicted octanol–water partition coefficient (Wildman–Crippen LogP) is 1.96. The second-order valence-electron chi connectivity index (χ2n) is 4.85. The molecule has 2 aromatic rings. The minimum atomic E-state index is -0.186. The van der Waals surface area contributed by atoms with Crippen molar-refractivity contribution in [3.8, 4) is 11.5 Å². The number of aromatic nitrogens is 1. The van der Waals surface area contributed by atoms with Crippen LogP contribution in [0.15, 0.2) is 30.3 Å². The van der Waals surface area contributed by atoms with Crippen molar-refractivity contribution in [2.24, 2.45) is 0 Å². The van der Waals surface area contributed by atoms with Gasteiger partial charge in [0, 0.05) is 13.5 Å². The van der Waals surface area contributed by atoms with Crippen LogP contribution >= 0.6 is 0 Å². The van der Waals surface area contributed by atoms with Crippen LogP contribution in [-0.4, -0.2) is 17.7 Å². The second kappa shape index (κ2) is 5.80. The van der Waals surface area contributed by atoms with Gasteiger partial charge in [-0.1, -0.05) is 6.07 Å². The SMILES string of the molecule is CC(=O)Nc1ccc(NCc2ccc3c(c2)OCO3)nc1N. The van der Waals surface area contributed by atoms with Gasteiger partial charge in [0.15, 0.2) is 11.5 Å². The first-order valence-electron chi connectivity index (χ1n) is 6.78. The van der Waals surface area contributed by atoms with Crippen molar-refractivity contribution >= 4 is 23.2 Å². The summed E-state index contributed by atoms with van der Waals surface area (Å²) in [5.74, 6) is 2.21. The molecule has 0 saturated heterocycles. The maximum atomic E-state index is 11.0. The molecule has 0 bridgehead atoms. The van der Waals surface area contributed by atoms with Crippen molar-refractivity contribution in [1.29, 1.82) is 0 Å². The molecule has 2 heterocycles. The molecule has 1 aromatic heterocycles. The third kappa shape index (κ3) is 3.03. The standard InChI is InChI=1S/C15H16N4O3/c1-9(20)18-11-3-5-14(19-15(11)16)17-7-10-2-4-12-13(6-10)22-8-21-12/h2-6H,7-8H2,1H3,(H,18,20)(H3,16,17,19). The summed E-state index contributed by atoms with van der Waals surface area (Å²) in [6.45, 7) is 2.25. The van der Waals surface area contributed by atoms with Gasteiger partial charge in [-0.05, 0) is 29.8 Å². The molecule has 0 radical (unpaired) electrons. The lowest BCUT2D eigenvalue weighted by molar-refractivity contribution is -0.114. The highest BCUT2D eigenvalue weighted by molar-refractivity contribution is 5.91. The average molecular weight is 300 g/mol. The Hall–Kier alpha value is -2.96. The number of pyridine rings is 1. The molecular weight excluding hydrogens is 284 g/mol. The van der Waals surface area contributed by atoms with Crippen molar-refractivity contribution < 1.29 is 14.3 Å². The Kier molecular flexibility index (Phi) is 3.69. The molecule has 0 saturated carbocycles. The molecule has 1 aliphatic rings. The molecule has 0 aliphatic carbocycles. The number of rotatable bonds is 4. The minimum Gasteiger partial charge on any atom is -0.454 e. The van der Waals surface area contributed by atoms with Gasteiger partial charge in [-0.15, -0.1) is 0 Å². The van der Waals surface area contributed by atoms with Crippen molar-refractivity contribution in [1.82, 2.24) is 4.98 Å². The summed E-state index contributed by atoms with van der Waals surface area (Å²) in [5, 5.41) is 5.79. The van der Waals surface area contributed by atoms with E-state index in [9.17, 15) is 4.79 Å². The fourth-order valence-electron chi connectivity index (χ4n) is 2.11. The molecule has 1 amide bonds. The van der Waals surface area contributed by atoms with Gasteiger partial charge in [-0.3, -0.25) is 4.79 Å². The second-order valence-corrected chi connectivity index (χ2v) is 4.85. The Morgan fingerprint density at radius 3 is 2.86 bits per heavy atom. The number of benzene rings is 1. The summed E-state index contributed by atoms with van der Waals surface area (Å²) in [6, 6.07) is 9.22. The number of ether oxygens (including phenoxy) is 2. The number of nitrogens with one attached hydrogen (secondary N) is 2. The third-order valence-electron chi connectivity index (χ3n) is 3.15. The molecule has 22 heavy (non-hydrogen) atoms. The van der Waals surface area contributed by atoms with E-state index in [0.717, 1.165) is 17.1 Å². The molecule has 7 heteroatoms. The zero-order valence-corrected chi connectivity index (χ0v) is 12.1. The van der Waals surface area contributed by atoms with Crippen molar-refractivity contribution in [3.05, 3.63) is 35.9 Å². The summed E-state index contributed by atoms with van der Waals surface area (Å²) in [4.78, 5) is 15.2. The summed E-state index contributed by atoms with van der Waals surface area (Å²) < 4.78 is 10.6. The zero-order valence-electron chi connectivity index (χ0n) is 12.1. The number of hydrogen-bond acceptors (Lipinski definition) is 6. The van der Waals surface area contributed by atoms with E-state index in [4.69, 9.17) is 15.2 Å². The smallest absolute Gasteiger partial charge is 0.231 e. The summed E-state index contributed by atoms with van der Waals surface area (Å²) in [6.07, 6.45) is 0. The molecule has 3 rings (SSSR count). The van der Waals surface area contributed by atoms with E-state index in [2.05, 4.69) is 15.6 Å². The highest BCUT2D eigenvalue weighted by atomic mass is 16.7. The van der Waals surface area contributed by atoms with E-state index < -0.39 is 0 Å². The van der Waals surface area contributed by atoms with Gasteiger partial charge in [0.2, 0.25) is 12.7 Å². The Balaban J connectivity index is 1.66. The van der Waals surface area contributed by atoms with Gasteiger partial charge in [0.05, 0.1) is 5.69 Å². The molecule has 7 nitrogen and oxygen atoms in total. The van der Waals surface area contributed by atoms with Crippen molar-refractivity contribution in [3.63, 3.8) is 0 Å². The van der Waals surface area contributed by atoms with Crippen LogP contribution in [-0.2, 0) is 11.3 Å². The van der Waals surface area contributed by atoms with E-state index in [1.54, 1.807) is 12.1 Å². The number of amides is 1. The number of nitrogens with zero attached hydrogens (tertiary/aromatic N) is 1. The van der Waals surface area contributed by atoms with Gasteiger partial charge >= 0.3 is 0 Å². The molecule has 0 fully saturated rings. The Bertz CT molecular complexity index is 718. The third-order valence-corrected chi connectivity index (χ3v) is 3.15. The number of hydrogen-bond donors (Lipinski definition) is 3. The monoisotopic (exact) mass is 300 g/mol. The first-order chi connectivity index (χ1) is 10.6. The average Bonchev–Trinajstić information content (AvgIpc) is 2.95. The van der Waals surface area contributed by atoms with Crippen LogP contribution in [0.1, 0.15) is 12.5 Å². The quantitative estimate of drug-likeness (QED) is 0.798. The molecule has 1 aromatic carbocycles. The van der Waals surface area contributed by atoms with Crippen LogP contribution in [0.4, 0.5) is 17.3 Å². The van der Waals surface area contributed by atoms with Crippen LogP contribution in [0.3, 0.4) is 0 Å². The van der Waals surface area contributed by atoms with Gasteiger partial charge in [-0.25, -0.2) is 4.98 Å². The lowest BCUT2D eigenvalue weighted by Crippen LogP contribution is -2.10. The first kappa shape index (κ1) is 14.0. The largest absolute Gasteiger partial charge is 0.454 e. The van der Waals surface area contributed by atoms with Crippen LogP contribution < -0.4 is 25.8 Å².